The fourth-order valence-corrected chi connectivity index (χ4v) is 1.70. The fourth-order valence-electron chi connectivity index (χ4n) is 1.70. The molecule has 0 aromatic carbocycles. The average Bonchev–Trinajstić information content (AvgIpc) is 3.10. The molecule has 0 aliphatic heterocycles. The number of nitrogen functional groups attached to an aromatic ring is 1. The number of carbonyl (C=O) groups excluding carboxylic acids is 1. The zero-order chi connectivity index (χ0) is 13.3. The highest BCUT2D eigenvalue weighted by atomic mass is 16.3. The largest absolute Gasteiger partial charge is 0.395 e. The zero-order valence-electron chi connectivity index (χ0n) is 10.8. The Bertz CT molecular complexity index is 449. The van der Waals surface area contributed by atoms with Crippen molar-refractivity contribution in [2.24, 2.45) is 0 Å². The molecule has 0 spiro atoms. The lowest BCUT2D eigenvalue weighted by Crippen LogP contribution is -2.40. The monoisotopic (exact) mass is 252 g/mol. The molecule has 18 heavy (non-hydrogen) atoms. The van der Waals surface area contributed by atoms with Gasteiger partial charge in [0.2, 0.25) is 0 Å². The van der Waals surface area contributed by atoms with E-state index in [4.69, 9.17) is 5.73 Å². The van der Waals surface area contributed by atoms with Crippen LogP contribution >= 0.6 is 0 Å². The van der Waals surface area contributed by atoms with Crippen LogP contribution in [-0.4, -0.2) is 33.4 Å². The summed E-state index contributed by atoms with van der Waals surface area (Å²) in [5.74, 6) is 0.0853. The number of hydrogen-bond acceptors (Lipinski definition) is 4. The summed E-state index contributed by atoms with van der Waals surface area (Å²) < 4.78 is 0. The van der Waals surface area contributed by atoms with E-state index >= 15 is 0 Å². The minimum absolute atomic E-state index is 0.188. The smallest absolute Gasteiger partial charge is 0.274 e. The van der Waals surface area contributed by atoms with Gasteiger partial charge in [-0.3, -0.25) is 9.89 Å². The van der Waals surface area contributed by atoms with Crippen LogP contribution in [0.4, 0.5) is 5.69 Å². The normalized spacial score (nSPS) is 18.4. The number of amides is 1. The quantitative estimate of drug-likeness (QED) is 0.621. The maximum atomic E-state index is 11.9. The standard InChI is InChI=1S/C12H20N4O2/c1-3-12(2,18)6-14-11(17)10-8(13)9(15-16-10)7-4-5-7/h7,18H,3-6,13H2,1-2H3,(H,14,17)(H,15,16). The number of nitrogens with two attached hydrogens (primary N) is 1. The van der Waals surface area contributed by atoms with Gasteiger partial charge in [-0.15, -0.1) is 0 Å². The summed E-state index contributed by atoms with van der Waals surface area (Å²) in [6.07, 6.45) is 2.76. The molecule has 6 nitrogen and oxygen atoms in total. The average molecular weight is 252 g/mol. The number of nitrogens with zero attached hydrogens (tertiary/aromatic N) is 1. The van der Waals surface area contributed by atoms with Gasteiger partial charge in [0.05, 0.1) is 17.0 Å². The molecule has 1 aromatic heterocycles. The van der Waals surface area contributed by atoms with Gasteiger partial charge in [0.1, 0.15) is 0 Å². The van der Waals surface area contributed by atoms with Crippen molar-refractivity contribution in [2.75, 3.05) is 12.3 Å². The van der Waals surface area contributed by atoms with Crippen molar-refractivity contribution in [3.05, 3.63) is 11.4 Å². The van der Waals surface area contributed by atoms with Crippen molar-refractivity contribution in [1.29, 1.82) is 0 Å². The molecule has 1 atom stereocenters. The first kappa shape index (κ1) is 12.9. The van der Waals surface area contributed by atoms with E-state index in [0.29, 0.717) is 18.0 Å². The van der Waals surface area contributed by atoms with Gasteiger partial charge < -0.3 is 16.2 Å². The maximum Gasteiger partial charge on any atom is 0.274 e. The molecule has 1 heterocycles. The van der Waals surface area contributed by atoms with Crippen molar-refractivity contribution in [3.8, 4) is 0 Å². The SMILES string of the molecule is CCC(C)(O)CNC(=O)c1n[nH]c(C2CC2)c1N. The minimum Gasteiger partial charge on any atom is -0.395 e. The van der Waals surface area contributed by atoms with Crippen molar-refractivity contribution in [2.45, 2.75) is 44.6 Å². The predicted octanol–water partition coefficient (Wildman–Crippen LogP) is 0.760. The van der Waals surface area contributed by atoms with Gasteiger partial charge in [0.25, 0.3) is 5.91 Å². The van der Waals surface area contributed by atoms with E-state index in [1.54, 1.807) is 6.92 Å². The molecular formula is C12H20N4O2. The van der Waals surface area contributed by atoms with Gasteiger partial charge in [-0.1, -0.05) is 6.92 Å². The highest BCUT2D eigenvalue weighted by molar-refractivity contribution is 5.97. The lowest BCUT2D eigenvalue weighted by Gasteiger charge is -2.21. The second-order valence-corrected chi connectivity index (χ2v) is 5.21. The van der Waals surface area contributed by atoms with E-state index in [9.17, 15) is 9.90 Å². The Morgan fingerprint density at radius 1 is 1.67 bits per heavy atom. The third-order valence-electron chi connectivity index (χ3n) is 3.43. The molecule has 1 unspecified atom stereocenters. The summed E-state index contributed by atoms with van der Waals surface area (Å²) in [5.41, 5.74) is 6.52. The Balaban J connectivity index is 2.01. The Kier molecular flexibility index (Phi) is 3.30. The second kappa shape index (κ2) is 4.61. The van der Waals surface area contributed by atoms with Crippen LogP contribution in [0.25, 0.3) is 0 Å². The van der Waals surface area contributed by atoms with E-state index in [0.717, 1.165) is 18.5 Å². The molecule has 5 N–H and O–H groups in total. The summed E-state index contributed by atoms with van der Waals surface area (Å²) in [4.78, 5) is 11.9. The number of carbonyl (C=O) groups is 1. The molecule has 1 fully saturated rings. The highest BCUT2D eigenvalue weighted by Crippen LogP contribution is 2.42. The molecule has 1 aliphatic rings. The van der Waals surface area contributed by atoms with Crippen LogP contribution in [0.1, 0.15) is 55.2 Å². The second-order valence-electron chi connectivity index (χ2n) is 5.21. The van der Waals surface area contributed by atoms with Crippen LogP contribution in [0.15, 0.2) is 0 Å². The number of anilines is 1. The third-order valence-corrected chi connectivity index (χ3v) is 3.43. The van der Waals surface area contributed by atoms with Crippen molar-refractivity contribution >= 4 is 11.6 Å². The van der Waals surface area contributed by atoms with Gasteiger partial charge in [0, 0.05) is 12.5 Å². The first-order valence-electron chi connectivity index (χ1n) is 6.29. The first-order chi connectivity index (χ1) is 8.44. The Morgan fingerprint density at radius 3 is 2.89 bits per heavy atom. The summed E-state index contributed by atoms with van der Waals surface area (Å²) in [6.45, 7) is 3.73. The van der Waals surface area contributed by atoms with E-state index in [1.807, 2.05) is 6.92 Å². The van der Waals surface area contributed by atoms with Gasteiger partial charge in [-0.2, -0.15) is 5.10 Å². The van der Waals surface area contributed by atoms with Gasteiger partial charge in [-0.25, -0.2) is 0 Å². The summed E-state index contributed by atoms with van der Waals surface area (Å²) in [6, 6.07) is 0. The molecule has 1 saturated carbocycles. The Labute approximate surface area is 106 Å². The summed E-state index contributed by atoms with van der Waals surface area (Å²) >= 11 is 0. The van der Waals surface area contributed by atoms with Crippen LogP contribution < -0.4 is 11.1 Å². The van der Waals surface area contributed by atoms with Crippen molar-refractivity contribution in [3.63, 3.8) is 0 Å². The summed E-state index contributed by atoms with van der Waals surface area (Å²) in [7, 11) is 0. The van der Waals surface area contributed by atoms with E-state index in [-0.39, 0.29) is 18.1 Å². The molecule has 0 radical (unpaired) electrons. The topological polar surface area (TPSA) is 104 Å². The van der Waals surface area contributed by atoms with E-state index < -0.39 is 5.60 Å². The first-order valence-corrected chi connectivity index (χ1v) is 6.29. The number of nitrogens with one attached hydrogen (secondary N) is 2. The number of aromatic amines is 1. The number of aromatic nitrogens is 2. The molecule has 0 bridgehead atoms. The molecule has 0 saturated heterocycles. The molecule has 100 valence electrons. The number of H-pyrrole nitrogens is 1. The van der Waals surface area contributed by atoms with E-state index in [1.165, 1.54) is 0 Å². The van der Waals surface area contributed by atoms with Gasteiger partial charge in [-0.05, 0) is 26.2 Å². The molecule has 1 aliphatic carbocycles. The Morgan fingerprint density at radius 2 is 2.33 bits per heavy atom. The maximum absolute atomic E-state index is 11.9. The lowest BCUT2D eigenvalue weighted by molar-refractivity contribution is 0.0517. The predicted molar refractivity (Wildman–Crippen MR) is 68.2 cm³/mol. The minimum atomic E-state index is -0.903. The lowest BCUT2D eigenvalue weighted by atomic mass is 10.0. The molecule has 1 aromatic rings. The van der Waals surface area contributed by atoms with Crippen molar-refractivity contribution in [1.82, 2.24) is 15.5 Å². The third kappa shape index (κ3) is 2.64. The van der Waals surface area contributed by atoms with Crippen LogP contribution in [0.3, 0.4) is 0 Å². The van der Waals surface area contributed by atoms with Gasteiger partial charge >= 0.3 is 0 Å². The van der Waals surface area contributed by atoms with Crippen LogP contribution in [0.2, 0.25) is 0 Å². The van der Waals surface area contributed by atoms with Crippen LogP contribution in [0.5, 0.6) is 0 Å². The zero-order valence-corrected chi connectivity index (χ0v) is 10.8. The van der Waals surface area contributed by atoms with Crippen molar-refractivity contribution < 1.29 is 9.90 Å². The van der Waals surface area contributed by atoms with Crippen LogP contribution in [-0.2, 0) is 0 Å². The highest BCUT2D eigenvalue weighted by Gasteiger charge is 2.30. The molecular weight excluding hydrogens is 232 g/mol. The fraction of sp³-hybridized carbons (Fsp3) is 0.667. The summed E-state index contributed by atoms with van der Waals surface area (Å²) in [5, 5.41) is 19.3. The molecule has 2 rings (SSSR count). The molecule has 6 heteroatoms. The number of aliphatic hydroxyl groups is 1. The van der Waals surface area contributed by atoms with Crippen LogP contribution in [0, 0.1) is 0 Å². The number of rotatable bonds is 5. The Hall–Kier alpha value is -1.56. The van der Waals surface area contributed by atoms with Gasteiger partial charge in [0.15, 0.2) is 5.69 Å². The molecule has 1 amide bonds. The number of hydrogen-bond donors (Lipinski definition) is 4. The van der Waals surface area contributed by atoms with E-state index in [2.05, 4.69) is 15.5 Å².